The largest absolute Gasteiger partial charge is 0.478 e. The number of nitrogens with zero attached hydrogens (tertiary/aromatic N) is 2. The number of hydrogen-bond donors (Lipinski definition) is 1. The van der Waals surface area contributed by atoms with Gasteiger partial charge >= 0.3 is 5.97 Å². The number of aromatic nitrogens is 2. The van der Waals surface area contributed by atoms with E-state index in [1.807, 2.05) is 19.1 Å². The number of carboxylic acid groups (broad SMARTS) is 1. The van der Waals surface area contributed by atoms with E-state index in [2.05, 4.69) is 9.97 Å². The first-order valence-electron chi connectivity index (χ1n) is 6.95. The van der Waals surface area contributed by atoms with Crippen LogP contribution in [0.3, 0.4) is 0 Å². The molecular formula is C16H18N2O3. The van der Waals surface area contributed by atoms with Gasteiger partial charge in [-0.2, -0.15) is 0 Å². The molecule has 0 aromatic carbocycles. The number of rotatable bonds is 7. The van der Waals surface area contributed by atoms with Crippen molar-refractivity contribution >= 4 is 5.97 Å². The first-order chi connectivity index (χ1) is 10.2. The highest BCUT2D eigenvalue weighted by atomic mass is 16.5. The van der Waals surface area contributed by atoms with E-state index in [0.717, 1.165) is 18.5 Å². The molecule has 0 aliphatic carbocycles. The van der Waals surface area contributed by atoms with E-state index >= 15 is 0 Å². The molecule has 5 nitrogen and oxygen atoms in total. The van der Waals surface area contributed by atoms with E-state index in [0.29, 0.717) is 18.9 Å². The summed E-state index contributed by atoms with van der Waals surface area (Å²) in [7, 11) is 0. The zero-order valence-electron chi connectivity index (χ0n) is 12.0. The van der Waals surface area contributed by atoms with Crippen LogP contribution in [0.5, 0.6) is 5.88 Å². The highest BCUT2D eigenvalue weighted by molar-refractivity contribution is 5.88. The fourth-order valence-electron chi connectivity index (χ4n) is 1.94. The first kappa shape index (κ1) is 15.0. The number of carboxylic acids is 1. The normalized spacial score (nSPS) is 10.3. The van der Waals surface area contributed by atoms with Gasteiger partial charge in [-0.3, -0.25) is 4.98 Å². The average Bonchev–Trinajstić information content (AvgIpc) is 2.52. The molecule has 0 radical (unpaired) electrons. The van der Waals surface area contributed by atoms with Crippen molar-refractivity contribution in [3.05, 3.63) is 53.5 Å². The molecule has 110 valence electrons. The summed E-state index contributed by atoms with van der Waals surface area (Å²) in [6.07, 6.45) is 5.93. The minimum absolute atomic E-state index is 0.214. The summed E-state index contributed by atoms with van der Waals surface area (Å²) >= 11 is 0. The lowest BCUT2D eigenvalue weighted by atomic mass is 10.1. The monoisotopic (exact) mass is 286 g/mol. The van der Waals surface area contributed by atoms with Gasteiger partial charge in [0.2, 0.25) is 5.88 Å². The van der Waals surface area contributed by atoms with E-state index in [4.69, 9.17) is 9.84 Å². The van der Waals surface area contributed by atoms with Crippen molar-refractivity contribution < 1.29 is 14.6 Å². The van der Waals surface area contributed by atoms with Crippen LogP contribution in [0.25, 0.3) is 0 Å². The third kappa shape index (κ3) is 4.56. The van der Waals surface area contributed by atoms with Gasteiger partial charge in [-0.25, -0.2) is 9.78 Å². The van der Waals surface area contributed by atoms with E-state index in [9.17, 15) is 4.79 Å². The molecule has 5 heteroatoms. The maximum absolute atomic E-state index is 11.0. The smallest absolute Gasteiger partial charge is 0.335 e. The van der Waals surface area contributed by atoms with Gasteiger partial charge in [0.05, 0.1) is 12.2 Å². The van der Waals surface area contributed by atoms with Gasteiger partial charge in [0, 0.05) is 24.2 Å². The molecule has 0 unspecified atom stereocenters. The molecule has 2 aromatic rings. The van der Waals surface area contributed by atoms with E-state index in [1.54, 1.807) is 18.5 Å². The summed E-state index contributed by atoms with van der Waals surface area (Å²) < 4.78 is 5.57. The average molecular weight is 286 g/mol. The van der Waals surface area contributed by atoms with Gasteiger partial charge in [-0.15, -0.1) is 0 Å². The van der Waals surface area contributed by atoms with Crippen molar-refractivity contribution in [1.29, 1.82) is 0 Å². The Morgan fingerprint density at radius 2 is 2.05 bits per heavy atom. The number of hydrogen-bond acceptors (Lipinski definition) is 4. The Morgan fingerprint density at radius 1 is 1.29 bits per heavy atom. The predicted molar refractivity (Wildman–Crippen MR) is 78.6 cm³/mol. The molecule has 0 amide bonds. The number of carbonyl (C=O) groups is 1. The lowest BCUT2D eigenvalue weighted by Crippen LogP contribution is -2.05. The minimum Gasteiger partial charge on any atom is -0.478 e. The van der Waals surface area contributed by atoms with Gasteiger partial charge in [0.15, 0.2) is 0 Å². The molecule has 0 fully saturated rings. The van der Waals surface area contributed by atoms with E-state index in [-0.39, 0.29) is 5.56 Å². The summed E-state index contributed by atoms with van der Waals surface area (Å²) in [6.45, 7) is 2.43. The second kappa shape index (κ2) is 7.38. The predicted octanol–water partition coefficient (Wildman–Crippen LogP) is 2.75. The number of aromatic carboxylic acids is 1. The molecule has 0 aliphatic heterocycles. The van der Waals surface area contributed by atoms with Crippen LogP contribution in [-0.4, -0.2) is 27.7 Å². The zero-order valence-corrected chi connectivity index (χ0v) is 12.0. The van der Waals surface area contributed by atoms with Crippen LogP contribution in [-0.2, 0) is 12.8 Å². The third-order valence-electron chi connectivity index (χ3n) is 3.07. The molecule has 1 N–H and O–H groups in total. The third-order valence-corrected chi connectivity index (χ3v) is 3.07. The second-order valence-corrected chi connectivity index (χ2v) is 4.65. The summed E-state index contributed by atoms with van der Waals surface area (Å²) in [5, 5.41) is 9.06. The van der Waals surface area contributed by atoms with Crippen molar-refractivity contribution in [3.63, 3.8) is 0 Å². The lowest BCUT2D eigenvalue weighted by Gasteiger charge is -2.08. The van der Waals surface area contributed by atoms with Crippen molar-refractivity contribution in [2.75, 3.05) is 6.61 Å². The molecule has 2 aromatic heterocycles. The highest BCUT2D eigenvalue weighted by Gasteiger charge is 2.08. The highest BCUT2D eigenvalue weighted by Crippen LogP contribution is 2.14. The number of pyridine rings is 2. The fraction of sp³-hybridized carbons (Fsp3) is 0.312. The maximum atomic E-state index is 11.0. The van der Waals surface area contributed by atoms with Crippen molar-refractivity contribution in [1.82, 2.24) is 9.97 Å². The number of aryl methyl sites for hydroxylation is 2. The van der Waals surface area contributed by atoms with Crippen molar-refractivity contribution in [3.8, 4) is 5.88 Å². The summed E-state index contributed by atoms with van der Waals surface area (Å²) in [4.78, 5) is 19.3. The quantitative estimate of drug-likeness (QED) is 0.792. The Balaban J connectivity index is 1.90. The summed E-state index contributed by atoms with van der Waals surface area (Å²) in [6, 6.07) is 6.98. The van der Waals surface area contributed by atoms with Crippen LogP contribution in [0, 0.1) is 0 Å². The van der Waals surface area contributed by atoms with Crippen LogP contribution in [0.4, 0.5) is 0 Å². The zero-order chi connectivity index (χ0) is 15.1. The van der Waals surface area contributed by atoms with Gasteiger partial charge < -0.3 is 9.84 Å². The van der Waals surface area contributed by atoms with Gasteiger partial charge in [-0.1, -0.05) is 6.92 Å². The standard InChI is InChI=1S/C16H18N2O3/c1-2-14-10-13(16(19)20)11-15(18-14)21-9-3-4-12-5-7-17-8-6-12/h5-8,10-11H,2-4,9H2,1H3,(H,19,20). The molecule has 0 spiro atoms. The Hall–Kier alpha value is -2.43. The summed E-state index contributed by atoms with van der Waals surface area (Å²) in [5.74, 6) is -0.588. The van der Waals surface area contributed by atoms with Gasteiger partial charge in [0.25, 0.3) is 0 Å². The molecule has 0 saturated heterocycles. The van der Waals surface area contributed by atoms with Crippen molar-refractivity contribution in [2.45, 2.75) is 26.2 Å². The minimum atomic E-state index is -0.964. The molecule has 21 heavy (non-hydrogen) atoms. The van der Waals surface area contributed by atoms with Gasteiger partial charge in [0.1, 0.15) is 0 Å². The molecule has 0 bridgehead atoms. The number of ether oxygens (including phenoxy) is 1. The lowest BCUT2D eigenvalue weighted by molar-refractivity contribution is 0.0696. The Bertz CT molecular complexity index is 600. The SMILES string of the molecule is CCc1cc(C(=O)O)cc(OCCCc2ccncc2)n1. The Kier molecular flexibility index (Phi) is 5.26. The Morgan fingerprint density at radius 3 is 2.71 bits per heavy atom. The fourth-order valence-corrected chi connectivity index (χ4v) is 1.94. The topological polar surface area (TPSA) is 72.3 Å². The van der Waals surface area contributed by atoms with Crippen LogP contribution in [0.15, 0.2) is 36.7 Å². The first-order valence-corrected chi connectivity index (χ1v) is 6.95. The molecule has 0 atom stereocenters. The molecule has 0 saturated carbocycles. The maximum Gasteiger partial charge on any atom is 0.335 e. The summed E-state index contributed by atoms with van der Waals surface area (Å²) in [5.41, 5.74) is 2.14. The van der Waals surface area contributed by atoms with Crippen LogP contribution >= 0.6 is 0 Å². The Labute approximate surface area is 123 Å². The second-order valence-electron chi connectivity index (χ2n) is 4.65. The van der Waals surface area contributed by atoms with Crippen molar-refractivity contribution in [2.24, 2.45) is 0 Å². The van der Waals surface area contributed by atoms with E-state index in [1.165, 1.54) is 11.6 Å². The van der Waals surface area contributed by atoms with Crippen LogP contribution in [0.1, 0.15) is 35.0 Å². The van der Waals surface area contributed by atoms with Gasteiger partial charge in [-0.05, 0) is 43.0 Å². The molecule has 2 heterocycles. The molecule has 0 aliphatic rings. The van der Waals surface area contributed by atoms with E-state index < -0.39 is 5.97 Å². The van der Waals surface area contributed by atoms with Crippen LogP contribution < -0.4 is 4.74 Å². The molecule has 2 rings (SSSR count). The van der Waals surface area contributed by atoms with Crippen LogP contribution in [0.2, 0.25) is 0 Å². The molecular weight excluding hydrogens is 268 g/mol.